The van der Waals surface area contributed by atoms with Gasteiger partial charge in [0.05, 0.1) is 12.3 Å². The van der Waals surface area contributed by atoms with Crippen molar-refractivity contribution in [1.82, 2.24) is 10.1 Å². The number of para-hydroxylation sites is 1. The Hall–Kier alpha value is -3.73. The van der Waals surface area contributed by atoms with Crippen LogP contribution in [0.25, 0.3) is 0 Å². The van der Waals surface area contributed by atoms with Crippen molar-refractivity contribution in [2.75, 3.05) is 5.32 Å². The highest BCUT2D eigenvalue weighted by molar-refractivity contribution is 5.98. The van der Waals surface area contributed by atoms with E-state index in [2.05, 4.69) is 15.5 Å². The highest BCUT2D eigenvalue weighted by Gasteiger charge is 2.23. The third-order valence-electron chi connectivity index (χ3n) is 4.71. The summed E-state index contributed by atoms with van der Waals surface area (Å²) in [5.74, 6) is 0.620. The van der Waals surface area contributed by atoms with Gasteiger partial charge in [0.2, 0.25) is 11.8 Å². The quantitative estimate of drug-likeness (QED) is 0.522. The van der Waals surface area contributed by atoms with Gasteiger partial charge in [-0.2, -0.15) is 4.98 Å². The van der Waals surface area contributed by atoms with E-state index in [-0.39, 0.29) is 5.91 Å². The van der Waals surface area contributed by atoms with Crippen molar-refractivity contribution >= 4 is 11.6 Å². The number of aryl methyl sites for hydroxylation is 1. The van der Waals surface area contributed by atoms with Gasteiger partial charge in [-0.3, -0.25) is 4.79 Å². The van der Waals surface area contributed by atoms with Gasteiger partial charge in [0, 0.05) is 5.69 Å². The first kappa shape index (κ1) is 18.6. The van der Waals surface area contributed by atoms with Crippen molar-refractivity contribution in [1.29, 1.82) is 0 Å². The van der Waals surface area contributed by atoms with Crippen molar-refractivity contribution in [3.63, 3.8) is 0 Å². The largest absolute Gasteiger partial charge is 0.339 e. The van der Waals surface area contributed by atoms with E-state index in [1.807, 2.05) is 84.9 Å². The number of amides is 1. The van der Waals surface area contributed by atoms with Crippen LogP contribution < -0.4 is 5.32 Å². The Balaban J connectivity index is 1.63. The Morgan fingerprint density at radius 1 is 0.897 bits per heavy atom. The molecule has 0 saturated carbocycles. The lowest BCUT2D eigenvalue weighted by Crippen LogP contribution is -2.23. The monoisotopic (exact) mass is 383 g/mol. The van der Waals surface area contributed by atoms with Gasteiger partial charge in [0.25, 0.3) is 0 Å². The average molecular weight is 383 g/mol. The van der Waals surface area contributed by atoms with Crippen molar-refractivity contribution < 1.29 is 9.32 Å². The minimum absolute atomic E-state index is 0.0865. The first-order valence-corrected chi connectivity index (χ1v) is 9.48. The molecule has 4 aromatic rings. The molecule has 4 rings (SSSR count). The molecule has 0 saturated heterocycles. The third-order valence-corrected chi connectivity index (χ3v) is 4.71. The van der Waals surface area contributed by atoms with Crippen LogP contribution >= 0.6 is 0 Å². The van der Waals surface area contributed by atoms with E-state index in [9.17, 15) is 4.79 Å². The molecule has 5 nitrogen and oxygen atoms in total. The second-order valence-corrected chi connectivity index (χ2v) is 6.81. The van der Waals surface area contributed by atoms with Crippen molar-refractivity contribution in [3.05, 3.63) is 113 Å². The summed E-state index contributed by atoms with van der Waals surface area (Å²) in [5, 5.41) is 6.94. The Bertz CT molecular complexity index is 1050. The topological polar surface area (TPSA) is 68.0 Å². The number of carbonyl (C=O) groups is 1. The molecule has 0 aliphatic carbocycles. The van der Waals surface area contributed by atoms with Crippen molar-refractivity contribution in [2.45, 2.75) is 19.3 Å². The summed E-state index contributed by atoms with van der Waals surface area (Å²) in [6.45, 7) is 1.78. The van der Waals surface area contributed by atoms with Gasteiger partial charge in [-0.25, -0.2) is 0 Å². The highest BCUT2D eigenvalue weighted by Crippen LogP contribution is 2.27. The zero-order chi connectivity index (χ0) is 20.1. The molecule has 0 aliphatic rings. The predicted octanol–water partition coefficient (Wildman–Crippen LogP) is 4.74. The second kappa shape index (κ2) is 8.52. The normalized spacial score (nSPS) is 10.8. The molecule has 0 radical (unpaired) electrons. The Morgan fingerprint density at radius 3 is 2.07 bits per heavy atom. The standard InChI is InChI=1S/C24H21N3O2/c1-17-25-22(29-27-17)16-20-14-8-9-15-21(20)26-24(28)23(18-10-4-2-5-11-18)19-12-6-3-7-13-19/h2-15,23H,16H2,1H3,(H,26,28). The lowest BCUT2D eigenvalue weighted by atomic mass is 9.90. The van der Waals surface area contributed by atoms with Crippen LogP contribution in [0.3, 0.4) is 0 Å². The minimum Gasteiger partial charge on any atom is -0.339 e. The van der Waals surface area contributed by atoms with Crippen LogP contribution in [-0.2, 0) is 11.2 Å². The molecule has 0 unspecified atom stereocenters. The summed E-state index contributed by atoms with van der Waals surface area (Å²) in [5.41, 5.74) is 3.55. The number of hydrogen-bond donors (Lipinski definition) is 1. The number of anilines is 1. The van der Waals surface area contributed by atoms with E-state index in [0.717, 1.165) is 22.4 Å². The zero-order valence-electron chi connectivity index (χ0n) is 16.1. The molecule has 0 bridgehead atoms. The van der Waals surface area contributed by atoms with Crippen LogP contribution in [0.1, 0.15) is 34.3 Å². The minimum atomic E-state index is -0.406. The third kappa shape index (κ3) is 4.41. The molecule has 1 aromatic heterocycles. The van der Waals surface area contributed by atoms with Crippen LogP contribution in [0.2, 0.25) is 0 Å². The Kier molecular flexibility index (Phi) is 5.47. The van der Waals surface area contributed by atoms with Gasteiger partial charge in [0.1, 0.15) is 0 Å². The van der Waals surface area contributed by atoms with E-state index in [0.29, 0.717) is 18.1 Å². The smallest absolute Gasteiger partial charge is 0.236 e. The van der Waals surface area contributed by atoms with Crippen LogP contribution in [0, 0.1) is 6.92 Å². The molecule has 1 N–H and O–H groups in total. The molecule has 0 spiro atoms. The fourth-order valence-corrected chi connectivity index (χ4v) is 3.36. The van der Waals surface area contributed by atoms with Crippen molar-refractivity contribution in [2.24, 2.45) is 0 Å². The lowest BCUT2D eigenvalue weighted by molar-refractivity contribution is -0.116. The number of carbonyl (C=O) groups excluding carboxylic acids is 1. The summed E-state index contributed by atoms with van der Waals surface area (Å²) in [6.07, 6.45) is 0.457. The predicted molar refractivity (Wildman–Crippen MR) is 112 cm³/mol. The Labute approximate surface area is 169 Å². The number of rotatable bonds is 6. The van der Waals surface area contributed by atoms with Gasteiger partial charge in [-0.1, -0.05) is 84.0 Å². The SMILES string of the molecule is Cc1noc(Cc2ccccc2NC(=O)C(c2ccccc2)c2ccccc2)n1. The Morgan fingerprint density at radius 2 is 1.48 bits per heavy atom. The fraction of sp³-hybridized carbons (Fsp3) is 0.125. The molecule has 0 aliphatic heterocycles. The summed E-state index contributed by atoms with van der Waals surface area (Å²) >= 11 is 0. The summed E-state index contributed by atoms with van der Waals surface area (Å²) in [4.78, 5) is 17.6. The maximum Gasteiger partial charge on any atom is 0.236 e. The van der Waals surface area contributed by atoms with E-state index in [4.69, 9.17) is 4.52 Å². The molecular formula is C24H21N3O2. The van der Waals surface area contributed by atoms with Crippen molar-refractivity contribution in [3.8, 4) is 0 Å². The van der Waals surface area contributed by atoms with Crippen LogP contribution in [-0.4, -0.2) is 16.0 Å². The van der Waals surface area contributed by atoms with Gasteiger partial charge < -0.3 is 9.84 Å². The number of hydrogen-bond acceptors (Lipinski definition) is 4. The molecule has 0 fully saturated rings. The summed E-state index contributed by atoms with van der Waals surface area (Å²) in [6, 6.07) is 27.3. The molecule has 3 aromatic carbocycles. The van der Waals surface area contributed by atoms with E-state index in [1.54, 1.807) is 6.92 Å². The maximum absolute atomic E-state index is 13.4. The number of aromatic nitrogens is 2. The first-order valence-electron chi connectivity index (χ1n) is 9.48. The van der Waals surface area contributed by atoms with Gasteiger partial charge in [0.15, 0.2) is 5.82 Å². The molecule has 0 atom stereocenters. The highest BCUT2D eigenvalue weighted by atomic mass is 16.5. The van der Waals surface area contributed by atoms with Crippen LogP contribution in [0.5, 0.6) is 0 Å². The van der Waals surface area contributed by atoms with E-state index >= 15 is 0 Å². The van der Waals surface area contributed by atoms with Crippen LogP contribution in [0.4, 0.5) is 5.69 Å². The first-order chi connectivity index (χ1) is 14.2. The number of nitrogens with zero attached hydrogens (tertiary/aromatic N) is 2. The maximum atomic E-state index is 13.4. The molecule has 1 heterocycles. The van der Waals surface area contributed by atoms with Gasteiger partial charge in [-0.15, -0.1) is 0 Å². The molecule has 1 amide bonds. The second-order valence-electron chi connectivity index (χ2n) is 6.81. The molecule has 144 valence electrons. The molecule has 5 heteroatoms. The molecule has 29 heavy (non-hydrogen) atoms. The fourth-order valence-electron chi connectivity index (χ4n) is 3.36. The summed E-state index contributed by atoms with van der Waals surface area (Å²) < 4.78 is 5.24. The van der Waals surface area contributed by atoms with E-state index in [1.165, 1.54) is 0 Å². The van der Waals surface area contributed by atoms with Crippen LogP contribution in [0.15, 0.2) is 89.5 Å². The van der Waals surface area contributed by atoms with Gasteiger partial charge >= 0.3 is 0 Å². The zero-order valence-corrected chi connectivity index (χ0v) is 16.1. The van der Waals surface area contributed by atoms with Gasteiger partial charge in [-0.05, 0) is 29.7 Å². The van der Waals surface area contributed by atoms with E-state index < -0.39 is 5.92 Å². The lowest BCUT2D eigenvalue weighted by Gasteiger charge is -2.19. The number of benzene rings is 3. The molecular weight excluding hydrogens is 362 g/mol. The summed E-state index contributed by atoms with van der Waals surface area (Å²) in [7, 11) is 0. The average Bonchev–Trinajstić information content (AvgIpc) is 3.16. The number of nitrogens with one attached hydrogen (secondary N) is 1.